The van der Waals surface area contributed by atoms with Gasteiger partial charge in [-0.15, -0.1) is 0 Å². The molecule has 1 amide bonds. The number of nitriles is 1. The van der Waals surface area contributed by atoms with Gasteiger partial charge in [0.15, 0.2) is 0 Å². The van der Waals surface area contributed by atoms with Crippen LogP contribution in [0.25, 0.3) is 0 Å². The second-order valence-electron chi connectivity index (χ2n) is 3.26. The number of hydrogen-bond donors (Lipinski definition) is 1. The highest BCUT2D eigenvalue weighted by Crippen LogP contribution is 2.06. The Kier molecular flexibility index (Phi) is 3.86. The average molecular weight is 197 g/mol. The minimum absolute atomic E-state index is 0.111. The predicted octanol–water partition coefficient (Wildman–Crippen LogP) is -0.655. The average Bonchev–Trinajstić information content (AvgIpc) is 2.26. The maximum absolute atomic E-state index is 11.7. The highest BCUT2D eigenvalue weighted by atomic mass is 16.5. The van der Waals surface area contributed by atoms with E-state index in [-0.39, 0.29) is 11.9 Å². The first kappa shape index (κ1) is 11.0. The van der Waals surface area contributed by atoms with Crippen LogP contribution in [0.2, 0.25) is 0 Å². The zero-order valence-corrected chi connectivity index (χ0v) is 8.49. The summed E-state index contributed by atoms with van der Waals surface area (Å²) in [7, 11) is 1.49. The summed E-state index contributed by atoms with van der Waals surface area (Å²) in [6.07, 6.45) is -0.469. The number of piperazine rings is 1. The standard InChI is InChI=1S/C9H15N3O2/c1-7(14-2)9(13)12-4-3-11-6-8(12)5-10/h7-8,11H,3-4,6H2,1-2H3. The van der Waals surface area contributed by atoms with Gasteiger partial charge in [-0.3, -0.25) is 4.79 Å². The van der Waals surface area contributed by atoms with Gasteiger partial charge in [-0.25, -0.2) is 0 Å². The van der Waals surface area contributed by atoms with E-state index in [1.807, 2.05) is 0 Å². The fourth-order valence-electron chi connectivity index (χ4n) is 1.42. The first-order valence-corrected chi connectivity index (χ1v) is 4.64. The molecule has 1 aliphatic heterocycles. The fraction of sp³-hybridized carbons (Fsp3) is 0.778. The molecule has 14 heavy (non-hydrogen) atoms. The number of nitrogens with zero attached hydrogens (tertiary/aromatic N) is 2. The van der Waals surface area contributed by atoms with Crippen LogP contribution in [0.3, 0.4) is 0 Å². The molecule has 0 radical (unpaired) electrons. The summed E-state index contributed by atoms with van der Waals surface area (Å²) in [4.78, 5) is 13.3. The topological polar surface area (TPSA) is 65.4 Å². The van der Waals surface area contributed by atoms with Crippen molar-refractivity contribution < 1.29 is 9.53 Å². The zero-order chi connectivity index (χ0) is 10.6. The molecular formula is C9H15N3O2. The van der Waals surface area contributed by atoms with E-state index in [1.54, 1.807) is 11.8 Å². The van der Waals surface area contributed by atoms with Crippen molar-refractivity contribution >= 4 is 5.91 Å². The molecule has 5 heteroatoms. The van der Waals surface area contributed by atoms with Crippen molar-refractivity contribution in [2.24, 2.45) is 0 Å². The van der Waals surface area contributed by atoms with Gasteiger partial charge in [-0.2, -0.15) is 5.26 Å². The molecule has 5 nitrogen and oxygen atoms in total. The van der Waals surface area contributed by atoms with Gasteiger partial charge in [0.2, 0.25) is 0 Å². The Balaban J connectivity index is 2.64. The third-order valence-electron chi connectivity index (χ3n) is 2.38. The molecule has 1 fully saturated rings. The van der Waals surface area contributed by atoms with Crippen molar-refractivity contribution in [3.05, 3.63) is 0 Å². The number of amides is 1. The molecule has 1 saturated heterocycles. The highest BCUT2D eigenvalue weighted by Gasteiger charge is 2.29. The quantitative estimate of drug-likeness (QED) is 0.638. The molecule has 1 N–H and O–H groups in total. The highest BCUT2D eigenvalue weighted by molar-refractivity contribution is 5.81. The van der Waals surface area contributed by atoms with Gasteiger partial charge in [0, 0.05) is 26.7 Å². The molecule has 0 aliphatic carbocycles. The van der Waals surface area contributed by atoms with Crippen molar-refractivity contribution in [1.29, 1.82) is 5.26 Å². The molecule has 0 bridgehead atoms. The van der Waals surface area contributed by atoms with E-state index in [9.17, 15) is 4.79 Å². The van der Waals surface area contributed by atoms with Gasteiger partial charge in [-0.05, 0) is 6.92 Å². The molecule has 0 aromatic rings. The molecule has 1 heterocycles. The second-order valence-corrected chi connectivity index (χ2v) is 3.26. The minimum Gasteiger partial charge on any atom is -0.372 e. The van der Waals surface area contributed by atoms with Crippen molar-refractivity contribution in [2.45, 2.75) is 19.1 Å². The van der Waals surface area contributed by atoms with Gasteiger partial charge in [0.25, 0.3) is 5.91 Å². The molecule has 0 aromatic carbocycles. The Hall–Kier alpha value is -1.12. The lowest BCUT2D eigenvalue weighted by atomic mass is 10.2. The summed E-state index contributed by atoms with van der Waals surface area (Å²) in [5.41, 5.74) is 0. The van der Waals surface area contributed by atoms with E-state index in [0.717, 1.165) is 6.54 Å². The number of carbonyl (C=O) groups is 1. The monoisotopic (exact) mass is 197 g/mol. The van der Waals surface area contributed by atoms with Crippen LogP contribution in [0, 0.1) is 11.3 Å². The minimum atomic E-state index is -0.469. The van der Waals surface area contributed by atoms with Gasteiger partial charge < -0.3 is 15.0 Å². The first-order valence-electron chi connectivity index (χ1n) is 4.64. The van der Waals surface area contributed by atoms with Crippen LogP contribution in [0.1, 0.15) is 6.92 Å². The fourth-order valence-corrected chi connectivity index (χ4v) is 1.42. The van der Waals surface area contributed by atoms with Crippen LogP contribution in [0.4, 0.5) is 0 Å². The maximum Gasteiger partial charge on any atom is 0.252 e. The van der Waals surface area contributed by atoms with Crippen LogP contribution in [0.5, 0.6) is 0 Å². The third-order valence-corrected chi connectivity index (χ3v) is 2.38. The SMILES string of the molecule is COC(C)C(=O)N1CCNCC1C#N. The lowest BCUT2D eigenvalue weighted by molar-refractivity contribution is -0.143. The van der Waals surface area contributed by atoms with Crippen LogP contribution in [-0.4, -0.2) is 49.7 Å². The number of nitrogens with one attached hydrogen (secondary N) is 1. The van der Waals surface area contributed by atoms with Crippen molar-refractivity contribution in [2.75, 3.05) is 26.7 Å². The number of carbonyl (C=O) groups excluding carboxylic acids is 1. The van der Waals surface area contributed by atoms with E-state index in [0.29, 0.717) is 13.1 Å². The van der Waals surface area contributed by atoms with Crippen LogP contribution >= 0.6 is 0 Å². The Labute approximate surface area is 83.6 Å². The Morgan fingerprint density at radius 1 is 1.79 bits per heavy atom. The third kappa shape index (κ3) is 2.22. The van der Waals surface area contributed by atoms with E-state index >= 15 is 0 Å². The van der Waals surface area contributed by atoms with Gasteiger partial charge in [-0.1, -0.05) is 0 Å². The lowest BCUT2D eigenvalue weighted by Gasteiger charge is -2.33. The van der Waals surface area contributed by atoms with Crippen molar-refractivity contribution in [3.63, 3.8) is 0 Å². The number of rotatable bonds is 2. The molecule has 1 rings (SSSR count). The molecule has 2 unspecified atom stereocenters. The van der Waals surface area contributed by atoms with Gasteiger partial charge in [0.1, 0.15) is 12.1 Å². The molecule has 0 aromatic heterocycles. The summed E-state index contributed by atoms with van der Waals surface area (Å²) in [6, 6.07) is 1.73. The molecule has 78 valence electrons. The van der Waals surface area contributed by atoms with Crippen LogP contribution in [-0.2, 0) is 9.53 Å². The lowest BCUT2D eigenvalue weighted by Crippen LogP contribution is -2.55. The summed E-state index contributed by atoms with van der Waals surface area (Å²) in [5.74, 6) is -0.111. The van der Waals surface area contributed by atoms with Crippen LogP contribution < -0.4 is 5.32 Å². The van der Waals surface area contributed by atoms with Crippen molar-refractivity contribution in [3.8, 4) is 6.07 Å². The van der Waals surface area contributed by atoms with Gasteiger partial charge in [0.05, 0.1) is 6.07 Å². The molecule has 1 aliphatic rings. The van der Waals surface area contributed by atoms with E-state index in [4.69, 9.17) is 10.00 Å². The second kappa shape index (κ2) is 4.94. The molecule has 2 atom stereocenters. The van der Waals surface area contributed by atoms with Gasteiger partial charge >= 0.3 is 0 Å². The number of ether oxygens (including phenoxy) is 1. The first-order chi connectivity index (χ1) is 6.70. The largest absolute Gasteiger partial charge is 0.372 e. The number of hydrogen-bond acceptors (Lipinski definition) is 4. The Bertz CT molecular complexity index is 249. The number of methoxy groups -OCH3 is 1. The van der Waals surface area contributed by atoms with Crippen molar-refractivity contribution in [1.82, 2.24) is 10.2 Å². The molecule has 0 saturated carbocycles. The predicted molar refractivity (Wildman–Crippen MR) is 50.5 cm³/mol. The summed E-state index contributed by atoms with van der Waals surface area (Å²) >= 11 is 0. The summed E-state index contributed by atoms with van der Waals surface area (Å²) in [6.45, 7) is 3.54. The van der Waals surface area contributed by atoms with E-state index in [2.05, 4.69) is 11.4 Å². The summed E-state index contributed by atoms with van der Waals surface area (Å²) < 4.78 is 4.94. The molecular weight excluding hydrogens is 182 g/mol. The smallest absolute Gasteiger partial charge is 0.252 e. The Morgan fingerprint density at radius 3 is 3.07 bits per heavy atom. The summed E-state index contributed by atoms with van der Waals surface area (Å²) in [5, 5.41) is 11.9. The zero-order valence-electron chi connectivity index (χ0n) is 8.49. The van der Waals surface area contributed by atoms with E-state index < -0.39 is 6.10 Å². The Morgan fingerprint density at radius 2 is 2.50 bits per heavy atom. The van der Waals surface area contributed by atoms with E-state index in [1.165, 1.54) is 7.11 Å². The van der Waals surface area contributed by atoms with Crippen LogP contribution in [0.15, 0.2) is 0 Å². The molecule has 0 spiro atoms. The maximum atomic E-state index is 11.7. The normalized spacial score (nSPS) is 24.1.